The molecule has 0 saturated heterocycles. The van der Waals surface area contributed by atoms with Gasteiger partial charge in [-0.3, -0.25) is 0 Å². The fourth-order valence-electron chi connectivity index (χ4n) is 2.04. The molecule has 0 heterocycles. The van der Waals surface area contributed by atoms with Gasteiger partial charge in [0.1, 0.15) is 11.5 Å². The highest BCUT2D eigenvalue weighted by Crippen LogP contribution is 2.27. The minimum Gasteiger partial charge on any atom is -0.508 e. The van der Waals surface area contributed by atoms with E-state index in [2.05, 4.69) is 12.2 Å². The maximum atomic E-state index is 9.30. The zero-order chi connectivity index (χ0) is 14.5. The lowest BCUT2D eigenvalue weighted by atomic mass is 10.1. The molecule has 0 saturated carbocycles. The molecule has 2 aromatic rings. The summed E-state index contributed by atoms with van der Waals surface area (Å²) in [7, 11) is 1.64. The van der Waals surface area contributed by atoms with Crippen molar-refractivity contribution in [2.24, 2.45) is 0 Å². The van der Waals surface area contributed by atoms with Crippen molar-refractivity contribution in [3.05, 3.63) is 58.6 Å². The minimum atomic E-state index is 0.150. The molecule has 3 nitrogen and oxygen atoms in total. The SMILES string of the molecule is COc1cccc(Cl)c1CNC(C)c1ccc(O)cc1. The van der Waals surface area contributed by atoms with Crippen LogP contribution in [0.3, 0.4) is 0 Å². The van der Waals surface area contributed by atoms with Gasteiger partial charge in [0.15, 0.2) is 0 Å². The van der Waals surface area contributed by atoms with Crippen molar-refractivity contribution in [3.8, 4) is 11.5 Å². The second-order valence-electron chi connectivity index (χ2n) is 4.61. The van der Waals surface area contributed by atoms with Gasteiger partial charge in [0.25, 0.3) is 0 Å². The molecule has 0 aliphatic rings. The van der Waals surface area contributed by atoms with Gasteiger partial charge in [-0.15, -0.1) is 0 Å². The van der Waals surface area contributed by atoms with Crippen molar-refractivity contribution in [1.29, 1.82) is 0 Å². The predicted molar refractivity (Wildman–Crippen MR) is 81.4 cm³/mol. The molecule has 0 amide bonds. The monoisotopic (exact) mass is 291 g/mol. The van der Waals surface area contributed by atoms with Crippen LogP contribution >= 0.6 is 11.6 Å². The van der Waals surface area contributed by atoms with Crippen LogP contribution in [-0.2, 0) is 6.54 Å². The van der Waals surface area contributed by atoms with Crippen molar-refractivity contribution in [2.45, 2.75) is 19.5 Å². The molecule has 0 aliphatic heterocycles. The van der Waals surface area contributed by atoms with Crippen LogP contribution in [0.5, 0.6) is 11.5 Å². The fraction of sp³-hybridized carbons (Fsp3) is 0.250. The number of phenolic OH excluding ortho intramolecular Hbond substituents is 1. The first-order valence-corrected chi connectivity index (χ1v) is 6.83. The van der Waals surface area contributed by atoms with Gasteiger partial charge in [-0.25, -0.2) is 0 Å². The van der Waals surface area contributed by atoms with Crippen LogP contribution in [0.25, 0.3) is 0 Å². The predicted octanol–water partition coefficient (Wildman–Crippen LogP) is 3.91. The van der Waals surface area contributed by atoms with Gasteiger partial charge in [0, 0.05) is 23.2 Å². The number of benzene rings is 2. The first kappa shape index (κ1) is 14.7. The lowest BCUT2D eigenvalue weighted by molar-refractivity contribution is 0.406. The van der Waals surface area contributed by atoms with Crippen LogP contribution in [0.15, 0.2) is 42.5 Å². The molecule has 0 aliphatic carbocycles. The van der Waals surface area contributed by atoms with Crippen molar-refractivity contribution < 1.29 is 9.84 Å². The van der Waals surface area contributed by atoms with E-state index >= 15 is 0 Å². The molecule has 2 aromatic carbocycles. The van der Waals surface area contributed by atoms with Crippen LogP contribution in [-0.4, -0.2) is 12.2 Å². The van der Waals surface area contributed by atoms with Gasteiger partial charge in [0.2, 0.25) is 0 Å². The number of aromatic hydroxyl groups is 1. The molecular weight excluding hydrogens is 274 g/mol. The van der Waals surface area contributed by atoms with Gasteiger partial charge >= 0.3 is 0 Å². The molecule has 106 valence electrons. The van der Waals surface area contributed by atoms with E-state index in [9.17, 15) is 5.11 Å². The molecule has 0 spiro atoms. The van der Waals surface area contributed by atoms with Crippen molar-refractivity contribution in [2.75, 3.05) is 7.11 Å². The summed E-state index contributed by atoms with van der Waals surface area (Å²) in [5.74, 6) is 1.05. The summed E-state index contributed by atoms with van der Waals surface area (Å²) < 4.78 is 5.32. The highest BCUT2D eigenvalue weighted by Gasteiger charge is 2.10. The number of halogens is 1. The Labute approximate surface area is 124 Å². The van der Waals surface area contributed by atoms with Gasteiger partial charge in [-0.1, -0.05) is 29.8 Å². The Kier molecular flexibility index (Phi) is 4.88. The van der Waals surface area contributed by atoms with Crippen molar-refractivity contribution in [1.82, 2.24) is 5.32 Å². The topological polar surface area (TPSA) is 41.5 Å². The fourth-order valence-corrected chi connectivity index (χ4v) is 2.27. The number of phenols is 1. The third-order valence-corrected chi connectivity index (χ3v) is 3.63. The van der Waals surface area contributed by atoms with Gasteiger partial charge in [0.05, 0.1) is 7.11 Å². The molecule has 0 radical (unpaired) electrons. The Morgan fingerprint density at radius 3 is 2.55 bits per heavy atom. The Morgan fingerprint density at radius 1 is 1.20 bits per heavy atom. The summed E-state index contributed by atoms with van der Waals surface area (Å²) in [6, 6.07) is 12.9. The zero-order valence-corrected chi connectivity index (χ0v) is 12.3. The maximum Gasteiger partial charge on any atom is 0.124 e. The molecule has 1 atom stereocenters. The van der Waals surface area contributed by atoms with E-state index in [1.807, 2.05) is 30.3 Å². The highest BCUT2D eigenvalue weighted by molar-refractivity contribution is 6.31. The van der Waals surface area contributed by atoms with E-state index < -0.39 is 0 Å². The lowest BCUT2D eigenvalue weighted by Crippen LogP contribution is -2.18. The number of methoxy groups -OCH3 is 1. The summed E-state index contributed by atoms with van der Waals surface area (Å²) in [6.45, 7) is 2.68. The third kappa shape index (κ3) is 3.44. The number of hydrogen-bond donors (Lipinski definition) is 2. The Bertz CT molecular complexity index is 569. The van der Waals surface area contributed by atoms with Crippen molar-refractivity contribution >= 4 is 11.6 Å². The van der Waals surface area contributed by atoms with E-state index in [0.29, 0.717) is 11.6 Å². The molecular formula is C16H18ClNO2. The van der Waals surface area contributed by atoms with Crippen LogP contribution in [0.4, 0.5) is 0 Å². The first-order valence-electron chi connectivity index (χ1n) is 6.45. The van der Waals surface area contributed by atoms with Crippen LogP contribution in [0.1, 0.15) is 24.1 Å². The Morgan fingerprint density at radius 2 is 1.90 bits per heavy atom. The molecule has 2 rings (SSSR count). The summed E-state index contributed by atoms with van der Waals surface area (Å²) >= 11 is 6.21. The summed E-state index contributed by atoms with van der Waals surface area (Å²) in [4.78, 5) is 0. The second kappa shape index (κ2) is 6.64. The molecule has 4 heteroatoms. The Hall–Kier alpha value is -1.71. The van der Waals surface area contributed by atoms with E-state index in [1.165, 1.54) is 0 Å². The highest BCUT2D eigenvalue weighted by atomic mass is 35.5. The number of hydrogen-bond acceptors (Lipinski definition) is 3. The molecule has 20 heavy (non-hydrogen) atoms. The van der Waals surface area contributed by atoms with Gasteiger partial charge < -0.3 is 15.2 Å². The van der Waals surface area contributed by atoms with Gasteiger partial charge in [-0.2, -0.15) is 0 Å². The van der Waals surface area contributed by atoms with Gasteiger partial charge in [-0.05, 0) is 36.8 Å². The normalized spacial score (nSPS) is 12.2. The average molecular weight is 292 g/mol. The van der Waals surface area contributed by atoms with Crippen LogP contribution in [0, 0.1) is 0 Å². The first-order chi connectivity index (χ1) is 9.61. The quantitative estimate of drug-likeness (QED) is 0.878. The second-order valence-corrected chi connectivity index (χ2v) is 5.02. The third-order valence-electron chi connectivity index (χ3n) is 3.27. The van der Waals surface area contributed by atoms with E-state index in [0.717, 1.165) is 16.9 Å². The van der Waals surface area contributed by atoms with Crippen LogP contribution < -0.4 is 10.1 Å². The summed E-state index contributed by atoms with van der Waals surface area (Å²) in [5.41, 5.74) is 2.05. The van der Waals surface area contributed by atoms with E-state index in [4.69, 9.17) is 16.3 Å². The molecule has 0 fully saturated rings. The standard InChI is InChI=1S/C16H18ClNO2/c1-11(12-6-8-13(19)9-7-12)18-10-14-15(17)4-3-5-16(14)20-2/h3-9,11,18-19H,10H2,1-2H3. The zero-order valence-electron chi connectivity index (χ0n) is 11.6. The minimum absolute atomic E-state index is 0.150. The van der Waals surface area contributed by atoms with E-state index in [-0.39, 0.29) is 11.8 Å². The smallest absolute Gasteiger partial charge is 0.124 e. The summed E-state index contributed by atoms with van der Waals surface area (Å²) in [5, 5.41) is 13.4. The molecule has 0 bridgehead atoms. The number of rotatable bonds is 5. The molecule has 2 N–H and O–H groups in total. The number of nitrogens with one attached hydrogen (secondary N) is 1. The Balaban J connectivity index is 2.07. The van der Waals surface area contributed by atoms with E-state index in [1.54, 1.807) is 19.2 Å². The maximum absolute atomic E-state index is 9.30. The largest absolute Gasteiger partial charge is 0.508 e. The number of ether oxygens (including phenoxy) is 1. The average Bonchev–Trinajstić information content (AvgIpc) is 2.46. The van der Waals surface area contributed by atoms with Crippen LogP contribution in [0.2, 0.25) is 5.02 Å². The molecule has 1 unspecified atom stereocenters. The van der Waals surface area contributed by atoms with Crippen molar-refractivity contribution in [3.63, 3.8) is 0 Å². The summed E-state index contributed by atoms with van der Waals surface area (Å²) in [6.07, 6.45) is 0. The molecule has 0 aromatic heterocycles. The lowest BCUT2D eigenvalue weighted by Gasteiger charge is -2.16.